The Balaban J connectivity index is 1.70. The number of hydrogen-bond acceptors (Lipinski definition) is 2. The molecule has 0 spiro atoms. The Hall–Kier alpha value is -2.33. The van der Waals surface area contributed by atoms with E-state index in [9.17, 15) is 4.79 Å². The monoisotopic (exact) mass is 285 g/mol. The Morgan fingerprint density at radius 1 is 1.25 bits per heavy atom. The molecule has 0 unspecified atom stereocenters. The van der Waals surface area contributed by atoms with Crippen LogP contribution < -0.4 is 5.32 Å². The average molecular weight is 286 g/mol. The smallest absolute Gasteiger partial charge is 0.251 e. The molecule has 0 aliphatic carbocycles. The minimum absolute atomic E-state index is 0.108. The van der Waals surface area contributed by atoms with Gasteiger partial charge in [0, 0.05) is 23.3 Å². The highest BCUT2D eigenvalue weighted by atomic mass is 35.5. The Bertz CT molecular complexity index is 749. The van der Waals surface area contributed by atoms with E-state index in [0.717, 1.165) is 11.1 Å². The summed E-state index contributed by atoms with van der Waals surface area (Å²) in [5.74, 6) is -0.108. The molecular weight excluding hydrogens is 274 g/mol. The molecule has 3 rings (SSSR count). The summed E-state index contributed by atoms with van der Waals surface area (Å²) in [5, 5.41) is 3.57. The van der Waals surface area contributed by atoms with Gasteiger partial charge in [0.2, 0.25) is 0 Å². The Kier molecular flexibility index (Phi) is 3.39. The van der Waals surface area contributed by atoms with Crippen molar-refractivity contribution in [2.45, 2.75) is 6.54 Å². The molecule has 2 aromatic heterocycles. The number of fused-ring (bicyclic) bond motifs is 1. The van der Waals surface area contributed by atoms with Crippen LogP contribution in [-0.2, 0) is 6.54 Å². The first-order valence-electron chi connectivity index (χ1n) is 6.17. The number of hydrogen-bond donors (Lipinski definition) is 1. The van der Waals surface area contributed by atoms with Crippen LogP contribution in [0.5, 0.6) is 0 Å². The lowest BCUT2D eigenvalue weighted by atomic mass is 10.2. The van der Waals surface area contributed by atoms with Gasteiger partial charge in [0.05, 0.1) is 18.0 Å². The van der Waals surface area contributed by atoms with Crippen molar-refractivity contribution in [1.82, 2.24) is 14.7 Å². The SMILES string of the molecule is O=C(NCc1ccc(Cl)cc1)c1ccn2cncc2c1. The summed E-state index contributed by atoms with van der Waals surface area (Å²) < 4.78 is 1.86. The quantitative estimate of drug-likeness (QED) is 0.804. The maximum Gasteiger partial charge on any atom is 0.251 e. The van der Waals surface area contributed by atoms with E-state index >= 15 is 0 Å². The second kappa shape index (κ2) is 5.35. The Labute approximate surface area is 121 Å². The highest BCUT2D eigenvalue weighted by molar-refractivity contribution is 6.30. The molecule has 0 saturated heterocycles. The number of amides is 1. The van der Waals surface area contributed by atoms with Gasteiger partial charge in [0.25, 0.3) is 5.91 Å². The predicted molar refractivity (Wildman–Crippen MR) is 77.8 cm³/mol. The summed E-state index contributed by atoms with van der Waals surface area (Å²) in [5.41, 5.74) is 2.52. The normalized spacial score (nSPS) is 10.7. The fraction of sp³-hybridized carbons (Fsp3) is 0.0667. The third-order valence-corrected chi connectivity index (χ3v) is 3.29. The lowest BCUT2D eigenvalue weighted by molar-refractivity contribution is 0.0951. The van der Waals surface area contributed by atoms with Gasteiger partial charge in [-0.25, -0.2) is 4.98 Å². The van der Waals surface area contributed by atoms with Crippen LogP contribution in [-0.4, -0.2) is 15.3 Å². The summed E-state index contributed by atoms with van der Waals surface area (Å²) in [4.78, 5) is 16.1. The number of aromatic nitrogens is 2. The van der Waals surface area contributed by atoms with Crippen LogP contribution in [0, 0.1) is 0 Å². The summed E-state index contributed by atoms with van der Waals surface area (Å²) in [6, 6.07) is 11.0. The van der Waals surface area contributed by atoms with Gasteiger partial charge >= 0.3 is 0 Å². The van der Waals surface area contributed by atoms with E-state index in [-0.39, 0.29) is 5.91 Å². The van der Waals surface area contributed by atoms with Crippen LogP contribution in [0.25, 0.3) is 5.52 Å². The number of halogens is 1. The highest BCUT2D eigenvalue weighted by Crippen LogP contribution is 2.10. The van der Waals surface area contributed by atoms with Gasteiger partial charge in [-0.15, -0.1) is 0 Å². The van der Waals surface area contributed by atoms with E-state index < -0.39 is 0 Å². The van der Waals surface area contributed by atoms with Crippen molar-refractivity contribution in [3.05, 3.63) is 71.3 Å². The summed E-state index contributed by atoms with van der Waals surface area (Å²) >= 11 is 5.82. The van der Waals surface area contributed by atoms with Crippen molar-refractivity contribution in [3.8, 4) is 0 Å². The van der Waals surface area contributed by atoms with E-state index in [2.05, 4.69) is 10.3 Å². The maximum absolute atomic E-state index is 12.1. The van der Waals surface area contributed by atoms with Crippen LogP contribution in [0.2, 0.25) is 5.02 Å². The van der Waals surface area contributed by atoms with Crippen molar-refractivity contribution < 1.29 is 4.79 Å². The fourth-order valence-electron chi connectivity index (χ4n) is 1.95. The summed E-state index contributed by atoms with van der Waals surface area (Å²) in [6.07, 6.45) is 5.24. The van der Waals surface area contributed by atoms with Gasteiger partial charge in [0.1, 0.15) is 0 Å². The molecule has 3 aromatic rings. The molecular formula is C15H12ClN3O. The molecule has 0 aliphatic rings. The van der Waals surface area contributed by atoms with Crippen LogP contribution in [0.1, 0.15) is 15.9 Å². The number of benzene rings is 1. The van der Waals surface area contributed by atoms with Crippen molar-refractivity contribution in [3.63, 3.8) is 0 Å². The topological polar surface area (TPSA) is 46.4 Å². The minimum atomic E-state index is -0.108. The van der Waals surface area contributed by atoms with Crippen molar-refractivity contribution in [1.29, 1.82) is 0 Å². The molecule has 0 atom stereocenters. The van der Waals surface area contributed by atoms with E-state index in [1.807, 2.05) is 28.8 Å². The van der Waals surface area contributed by atoms with Crippen LogP contribution in [0.3, 0.4) is 0 Å². The lowest BCUT2D eigenvalue weighted by Crippen LogP contribution is -2.22. The van der Waals surface area contributed by atoms with E-state index in [1.54, 1.807) is 30.7 Å². The zero-order chi connectivity index (χ0) is 13.9. The van der Waals surface area contributed by atoms with Gasteiger partial charge in [-0.2, -0.15) is 0 Å². The zero-order valence-corrected chi connectivity index (χ0v) is 11.3. The standard InChI is InChI=1S/C15H12ClN3O/c16-13-3-1-11(2-4-13)8-18-15(20)12-5-6-19-10-17-9-14(19)7-12/h1-7,9-10H,8H2,(H,18,20). The van der Waals surface area contributed by atoms with E-state index in [0.29, 0.717) is 17.1 Å². The zero-order valence-electron chi connectivity index (χ0n) is 10.6. The van der Waals surface area contributed by atoms with Crippen LogP contribution in [0.15, 0.2) is 55.1 Å². The Morgan fingerprint density at radius 2 is 2.05 bits per heavy atom. The van der Waals surface area contributed by atoms with Crippen molar-refractivity contribution in [2.75, 3.05) is 0 Å². The Morgan fingerprint density at radius 3 is 2.85 bits per heavy atom. The molecule has 2 heterocycles. The molecule has 0 fully saturated rings. The molecule has 20 heavy (non-hydrogen) atoms. The van der Waals surface area contributed by atoms with Crippen molar-refractivity contribution >= 4 is 23.0 Å². The first-order valence-corrected chi connectivity index (χ1v) is 6.54. The van der Waals surface area contributed by atoms with Crippen LogP contribution >= 0.6 is 11.6 Å². The predicted octanol–water partition coefficient (Wildman–Crippen LogP) is 2.92. The number of rotatable bonds is 3. The van der Waals surface area contributed by atoms with Gasteiger partial charge in [-0.3, -0.25) is 4.79 Å². The fourth-order valence-corrected chi connectivity index (χ4v) is 2.07. The molecule has 4 nitrogen and oxygen atoms in total. The van der Waals surface area contributed by atoms with Gasteiger partial charge in [-0.1, -0.05) is 23.7 Å². The van der Waals surface area contributed by atoms with Gasteiger partial charge < -0.3 is 9.72 Å². The number of nitrogens with zero attached hydrogens (tertiary/aromatic N) is 2. The molecule has 1 amide bonds. The summed E-state index contributed by atoms with van der Waals surface area (Å²) in [6.45, 7) is 0.473. The molecule has 1 aromatic carbocycles. The molecule has 0 radical (unpaired) electrons. The molecule has 0 aliphatic heterocycles. The first kappa shape index (κ1) is 12.7. The van der Waals surface area contributed by atoms with Crippen molar-refractivity contribution in [2.24, 2.45) is 0 Å². The third-order valence-electron chi connectivity index (χ3n) is 3.04. The molecule has 100 valence electrons. The molecule has 0 saturated carbocycles. The summed E-state index contributed by atoms with van der Waals surface area (Å²) in [7, 11) is 0. The third kappa shape index (κ3) is 2.65. The lowest BCUT2D eigenvalue weighted by Gasteiger charge is -2.06. The number of imidazole rings is 1. The highest BCUT2D eigenvalue weighted by Gasteiger charge is 2.06. The molecule has 5 heteroatoms. The largest absolute Gasteiger partial charge is 0.348 e. The van der Waals surface area contributed by atoms with E-state index in [1.165, 1.54) is 0 Å². The number of nitrogens with one attached hydrogen (secondary N) is 1. The van der Waals surface area contributed by atoms with Gasteiger partial charge in [-0.05, 0) is 29.8 Å². The maximum atomic E-state index is 12.1. The second-order valence-corrected chi connectivity index (χ2v) is 4.89. The number of pyridine rings is 1. The number of carbonyl (C=O) groups excluding carboxylic acids is 1. The average Bonchev–Trinajstić information content (AvgIpc) is 2.93. The van der Waals surface area contributed by atoms with E-state index in [4.69, 9.17) is 11.6 Å². The van der Waals surface area contributed by atoms with Gasteiger partial charge in [0.15, 0.2) is 0 Å². The first-order chi connectivity index (χ1) is 9.72. The molecule has 0 bridgehead atoms. The minimum Gasteiger partial charge on any atom is -0.348 e. The molecule has 1 N–H and O–H groups in total. The second-order valence-electron chi connectivity index (χ2n) is 4.45. The number of carbonyl (C=O) groups is 1. The van der Waals surface area contributed by atoms with Crippen LogP contribution in [0.4, 0.5) is 0 Å².